The van der Waals surface area contributed by atoms with Gasteiger partial charge in [0.2, 0.25) is 0 Å². The minimum Gasteiger partial charge on any atom is -0.494 e. The van der Waals surface area contributed by atoms with Gasteiger partial charge in [-0.3, -0.25) is 0 Å². The van der Waals surface area contributed by atoms with Crippen molar-refractivity contribution in [2.45, 2.75) is 19.5 Å². The number of hydrogen-bond acceptors (Lipinski definition) is 4. The van der Waals surface area contributed by atoms with Crippen LogP contribution in [-0.4, -0.2) is 42.9 Å². The van der Waals surface area contributed by atoms with Crippen LogP contribution in [0, 0.1) is 0 Å². The molecule has 0 aliphatic carbocycles. The molecule has 17 heavy (non-hydrogen) atoms. The highest BCUT2D eigenvalue weighted by molar-refractivity contribution is 5.27. The maximum atomic E-state index is 8.88. The smallest absolute Gasteiger partial charge is 0.119 e. The van der Waals surface area contributed by atoms with Gasteiger partial charge in [-0.05, 0) is 31.7 Å². The first-order valence-electron chi connectivity index (χ1n) is 5.92. The fraction of sp³-hybridized carbons (Fsp3) is 0.538. The molecule has 0 aliphatic heterocycles. The van der Waals surface area contributed by atoms with E-state index in [1.165, 1.54) is 5.56 Å². The summed E-state index contributed by atoms with van der Waals surface area (Å²) in [6, 6.07) is 7.86. The summed E-state index contributed by atoms with van der Waals surface area (Å²) in [5, 5.41) is 8.88. The summed E-state index contributed by atoms with van der Waals surface area (Å²) >= 11 is 0. The Morgan fingerprint density at radius 2 is 2.00 bits per heavy atom. The largest absolute Gasteiger partial charge is 0.494 e. The van der Waals surface area contributed by atoms with Gasteiger partial charge in [0.1, 0.15) is 5.75 Å². The summed E-state index contributed by atoms with van der Waals surface area (Å²) in [6.07, 6.45) is 0. The lowest BCUT2D eigenvalue weighted by molar-refractivity contribution is 0.218. The second-order valence-electron chi connectivity index (χ2n) is 4.22. The van der Waals surface area contributed by atoms with E-state index >= 15 is 0 Å². The molecule has 1 rings (SSSR count). The van der Waals surface area contributed by atoms with Crippen molar-refractivity contribution in [2.24, 2.45) is 5.73 Å². The predicted molar refractivity (Wildman–Crippen MR) is 69.0 cm³/mol. The Bertz CT molecular complexity index is 314. The van der Waals surface area contributed by atoms with Crippen molar-refractivity contribution in [3.8, 4) is 5.75 Å². The first-order chi connectivity index (χ1) is 8.15. The Balaban J connectivity index is 2.45. The molecule has 1 aromatic carbocycles. The summed E-state index contributed by atoms with van der Waals surface area (Å²) in [5.41, 5.74) is 6.89. The number of likely N-dealkylation sites (N-methyl/N-ethyl adjacent to an activating group) is 1. The second kappa shape index (κ2) is 7.27. The second-order valence-corrected chi connectivity index (χ2v) is 4.22. The van der Waals surface area contributed by atoms with E-state index < -0.39 is 0 Å². The van der Waals surface area contributed by atoms with Gasteiger partial charge in [0.25, 0.3) is 0 Å². The minimum atomic E-state index is -0.178. The molecule has 0 fully saturated rings. The molecule has 4 heteroatoms. The molecule has 96 valence electrons. The molecule has 4 nitrogen and oxygen atoms in total. The first kappa shape index (κ1) is 14.0. The average molecular weight is 238 g/mol. The Morgan fingerprint density at radius 3 is 2.53 bits per heavy atom. The van der Waals surface area contributed by atoms with Crippen LogP contribution in [0.1, 0.15) is 12.5 Å². The molecule has 0 bridgehead atoms. The van der Waals surface area contributed by atoms with E-state index in [0.717, 1.165) is 12.3 Å². The van der Waals surface area contributed by atoms with Crippen LogP contribution in [0.15, 0.2) is 24.3 Å². The number of aliphatic hydroxyl groups is 1. The molecule has 1 aromatic rings. The number of rotatable bonds is 7. The molecule has 1 atom stereocenters. The van der Waals surface area contributed by atoms with Crippen LogP contribution in [0.3, 0.4) is 0 Å². The predicted octanol–water partition coefficient (Wildman–Crippen LogP) is 0.837. The van der Waals surface area contributed by atoms with Gasteiger partial charge >= 0.3 is 0 Å². The maximum absolute atomic E-state index is 8.88. The van der Waals surface area contributed by atoms with Gasteiger partial charge in [-0.1, -0.05) is 12.1 Å². The van der Waals surface area contributed by atoms with Crippen LogP contribution in [0.5, 0.6) is 5.75 Å². The van der Waals surface area contributed by atoms with Crippen molar-refractivity contribution in [2.75, 3.05) is 26.8 Å². The third kappa shape index (κ3) is 5.17. The zero-order chi connectivity index (χ0) is 12.7. The van der Waals surface area contributed by atoms with Crippen molar-refractivity contribution in [1.82, 2.24) is 4.90 Å². The monoisotopic (exact) mass is 238 g/mol. The zero-order valence-corrected chi connectivity index (χ0v) is 10.6. The molecule has 0 aliphatic rings. The summed E-state index contributed by atoms with van der Waals surface area (Å²) in [5.74, 6) is 0.894. The molecule has 0 saturated carbocycles. The lowest BCUT2D eigenvalue weighted by Crippen LogP contribution is -2.37. The highest BCUT2D eigenvalue weighted by atomic mass is 16.5. The summed E-state index contributed by atoms with van der Waals surface area (Å²) in [7, 11) is 1.99. The first-order valence-corrected chi connectivity index (χ1v) is 5.92. The minimum absolute atomic E-state index is 0.0214. The molecular weight excluding hydrogens is 216 g/mol. The van der Waals surface area contributed by atoms with Crippen molar-refractivity contribution in [1.29, 1.82) is 0 Å². The van der Waals surface area contributed by atoms with E-state index in [-0.39, 0.29) is 12.6 Å². The molecule has 0 heterocycles. The summed E-state index contributed by atoms with van der Waals surface area (Å²) in [4.78, 5) is 2.09. The zero-order valence-electron chi connectivity index (χ0n) is 10.6. The Kier molecular flexibility index (Phi) is 5.97. The molecule has 0 saturated heterocycles. The third-order valence-corrected chi connectivity index (χ3v) is 2.47. The number of aliphatic hydroxyl groups excluding tert-OH is 1. The molecule has 0 amide bonds. The summed E-state index contributed by atoms with van der Waals surface area (Å²) < 4.78 is 5.38. The molecule has 0 aromatic heterocycles. The van der Waals surface area contributed by atoms with Crippen LogP contribution in [-0.2, 0) is 6.54 Å². The maximum Gasteiger partial charge on any atom is 0.119 e. The number of benzene rings is 1. The fourth-order valence-electron chi connectivity index (χ4n) is 1.69. The quantitative estimate of drug-likeness (QED) is 0.739. The third-order valence-electron chi connectivity index (χ3n) is 2.47. The fourth-order valence-corrected chi connectivity index (χ4v) is 1.69. The topological polar surface area (TPSA) is 58.7 Å². The van der Waals surface area contributed by atoms with Gasteiger partial charge in [-0.2, -0.15) is 0 Å². The lowest BCUT2D eigenvalue weighted by atomic mass is 10.2. The highest BCUT2D eigenvalue weighted by Crippen LogP contribution is 2.13. The van der Waals surface area contributed by atoms with Gasteiger partial charge in [-0.25, -0.2) is 0 Å². The number of nitrogens with two attached hydrogens (primary N) is 1. The Morgan fingerprint density at radius 1 is 1.35 bits per heavy atom. The van der Waals surface area contributed by atoms with Gasteiger partial charge in [-0.15, -0.1) is 0 Å². The summed E-state index contributed by atoms with van der Waals surface area (Å²) in [6.45, 7) is 4.18. The van der Waals surface area contributed by atoms with Gasteiger partial charge in [0.15, 0.2) is 0 Å². The lowest BCUT2D eigenvalue weighted by Gasteiger charge is -2.20. The van der Waals surface area contributed by atoms with Crippen LogP contribution in [0.2, 0.25) is 0 Å². The molecular formula is C13H22N2O2. The standard InChI is InChI=1S/C13H22N2O2/c1-3-17-13-6-4-11(5-7-13)8-15(2)9-12(14)10-16/h4-7,12,16H,3,8-10,14H2,1-2H3. The van der Waals surface area contributed by atoms with E-state index in [0.29, 0.717) is 13.2 Å². The van der Waals surface area contributed by atoms with E-state index in [9.17, 15) is 0 Å². The Hall–Kier alpha value is -1.10. The van der Waals surface area contributed by atoms with Crippen molar-refractivity contribution in [3.63, 3.8) is 0 Å². The number of hydrogen-bond donors (Lipinski definition) is 2. The molecule has 0 radical (unpaired) electrons. The van der Waals surface area contributed by atoms with Crippen LogP contribution in [0.4, 0.5) is 0 Å². The van der Waals surface area contributed by atoms with Crippen molar-refractivity contribution >= 4 is 0 Å². The average Bonchev–Trinajstić information content (AvgIpc) is 2.31. The number of ether oxygens (including phenoxy) is 1. The normalized spacial score (nSPS) is 12.8. The van der Waals surface area contributed by atoms with Crippen molar-refractivity contribution in [3.05, 3.63) is 29.8 Å². The van der Waals surface area contributed by atoms with E-state index in [4.69, 9.17) is 15.6 Å². The van der Waals surface area contributed by atoms with Crippen LogP contribution < -0.4 is 10.5 Å². The van der Waals surface area contributed by atoms with Gasteiger partial charge in [0, 0.05) is 19.1 Å². The van der Waals surface area contributed by atoms with E-state index in [1.54, 1.807) is 0 Å². The number of nitrogens with zero attached hydrogens (tertiary/aromatic N) is 1. The Labute approximate surface area is 103 Å². The van der Waals surface area contributed by atoms with Crippen LogP contribution >= 0.6 is 0 Å². The molecule has 3 N–H and O–H groups in total. The van der Waals surface area contributed by atoms with E-state index in [1.807, 2.05) is 38.2 Å². The van der Waals surface area contributed by atoms with Gasteiger partial charge < -0.3 is 20.5 Å². The molecule has 1 unspecified atom stereocenters. The van der Waals surface area contributed by atoms with Crippen molar-refractivity contribution < 1.29 is 9.84 Å². The SMILES string of the molecule is CCOc1ccc(CN(C)CC(N)CO)cc1. The van der Waals surface area contributed by atoms with E-state index in [2.05, 4.69) is 4.90 Å². The van der Waals surface area contributed by atoms with Gasteiger partial charge in [0.05, 0.1) is 13.2 Å². The van der Waals surface area contributed by atoms with Crippen LogP contribution in [0.25, 0.3) is 0 Å². The molecule has 0 spiro atoms. The highest BCUT2D eigenvalue weighted by Gasteiger charge is 2.06.